The number of anilines is 2. The average Bonchev–Trinajstić information content (AvgIpc) is 2.54. The Morgan fingerprint density at radius 1 is 0.458 bits per heavy atom. The lowest BCUT2D eigenvalue weighted by Gasteiger charge is -2.16. The Balaban J connectivity index is 2.20. The molecule has 0 spiro atoms. The van der Waals surface area contributed by atoms with Crippen molar-refractivity contribution in [1.82, 2.24) is 0 Å². The molecule has 4 N–H and O–H groups in total. The van der Waals surface area contributed by atoms with E-state index in [-0.39, 0.29) is 0 Å². The maximum Gasteiger partial charge on any atom is 0.0320 e. The highest BCUT2D eigenvalue weighted by atomic mass is 14.5. The fraction of sp³-hybridized carbons (Fsp3) is 0.182. The summed E-state index contributed by atoms with van der Waals surface area (Å²) in [6, 6.07) is 16.7. The lowest BCUT2D eigenvalue weighted by atomic mass is 9.89. The summed E-state index contributed by atoms with van der Waals surface area (Å²) in [5.74, 6) is 0. The third-order valence-electron chi connectivity index (χ3n) is 4.67. The minimum absolute atomic E-state index is 0.795. The van der Waals surface area contributed by atoms with Crippen LogP contribution in [-0.4, -0.2) is 0 Å². The fourth-order valence-electron chi connectivity index (χ4n) is 3.26. The number of aryl methyl sites for hydroxylation is 4. The van der Waals surface area contributed by atoms with Crippen LogP contribution < -0.4 is 11.5 Å². The molecule has 0 saturated heterocycles. The summed E-state index contributed by atoms with van der Waals surface area (Å²) in [5, 5.41) is 0. The van der Waals surface area contributed by atoms with E-state index in [1.54, 1.807) is 0 Å². The fourth-order valence-corrected chi connectivity index (χ4v) is 3.26. The third kappa shape index (κ3) is 2.88. The molecule has 3 aromatic carbocycles. The van der Waals surface area contributed by atoms with E-state index in [1.807, 2.05) is 12.1 Å². The van der Waals surface area contributed by atoms with Crippen LogP contribution in [0, 0.1) is 27.7 Å². The predicted octanol–water partition coefficient (Wildman–Crippen LogP) is 5.42. The Hall–Kier alpha value is -2.74. The highest BCUT2D eigenvalue weighted by Crippen LogP contribution is 2.35. The molecule has 0 amide bonds. The number of hydrogen-bond acceptors (Lipinski definition) is 2. The minimum Gasteiger partial charge on any atom is -0.399 e. The number of rotatable bonds is 2. The molecular formula is C22H24N2. The van der Waals surface area contributed by atoms with Crippen molar-refractivity contribution in [3.8, 4) is 22.3 Å². The molecule has 0 atom stereocenters. The summed E-state index contributed by atoms with van der Waals surface area (Å²) >= 11 is 0. The van der Waals surface area contributed by atoms with Crippen LogP contribution in [0.25, 0.3) is 22.3 Å². The first-order valence-corrected chi connectivity index (χ1v) is 8.21. The van der Waals surface area contributed by atoms with Crippen LogP contribution in [0.2, 0.25) is 0 Å². The van der Waals surface area contributed by atoms with Crippen molar-refractivity contribution in [2.45, 2.75) is 27.7 Å². The first-order chi connectivity index (χ1) is 11.4. The summed E-state index contributed by atoms with van der Waals surface area (Å²) in [7, 11) is 0. The number of hydrogen-bond donors (Lipinski definition) is 2. The zero-order valence-corrected chi connectivity index (χ0v) is 14.8. The summed E-state index contributed by atoms with van der Waals surface area (Å²) in [6.07, 6.45) is 0. The Morgan fingerprint density at radius 2 is 0.792 bits per heavy atom. The minimum atomic E-state index is 0.795. The monoisotopic (exact) mass is 316 g/mol. The van der Waals surface area contributed by atoms with Gasteiger partial charge in [-0.2, -0.15) is 0 Å². The first kappa shape index (κ1) is 16.1. The molecule has 3 rings (SSSR count). The van der Waals surface area contributed by atoms with E-state index in [4.69, 9.17) is 11.5 Å². The quantitative estimate of drug-likeness (QED) is 0.620. The molecule has 0 aliphatic carbocycles. The second kappa shape index (κ2) is 6.04. The van der Waals surface area contributed by atoms with Gasteiger partial charge in [0.2, 0.25) is 0 Å². The van der Waals surface area contributed by atoms with Gasteiger partial charge in [0.05, 0.1) is 0 Å². The van der Waals surface area contributed by atoms with Gasteiger partial charge in [-0.3, -0.25) is 0 Å². The SMILES string of the molecule is Cc1ccc(N)cc1-c1cc(C)c(-c2cc(N)ccc2C)cc1C. The average molecular weight is 316 g/mol. The molecule has 3 aromatic rings. The molecule has 0 fully saturated rings. The van der Waals surface area contributed by atoms with Crippen molar-refractivity contribution < 1.29 is 0 Å². The maximum atomic E-state index is 6.00. The second-order valence-corrected chi connectivity index (χ2v) is 6.63. The van der Waals surface area contributed by atoms with E-state index in [2.05, 4.69) is 64.1 Å². The molecule has 0 bridgehead atoms. The van der Waals surface area contributed by atoms with E-state index in [1.165, 1.54) is 44.5 Å². The molecule has 0 saturated carbocycles. The van der Waals surface area contributed by atoms with Crippen LogP contribution in [0.15, 0.2) is 48.5 Å². The lowest BCUT2D eigenvalue weighted by Crippen LogP contribution is -1.95. The van der Waals surface area contributed by atoms with Crippen molar-refractivity contribution in [2.75, 3.05) is 11.5 Å². The van der Waals surface area contributed by atoms with Gasteiger partial charge in [0.1, 0.15) is 0 Å². The van der Waals surface area contributed by atoms with Gasteiger partial charge in [0, 0.05) is 11.4 Å². The van der Waals surface area contributed by atoms with E-state index in [9.17, 15) is 0 Å². The van der Waals surface area contributed by atoms with Crippen LogP contribution in [0.3, 0.4) is 0 Å². The summed E-state index contributed by atoms with van der Waals surface area (Å²) in [5.41, 5.74) is 23.4. The molecule has 2 heteroatoms. The maximum absolute atomic E-state index is 6.00. The Kier molecular flexibility index (Phi) is 4.06. The standard InChI is InChI=1S/C22H24N2/c1-13-5-7-17(23)11-21(13)19-9-16(4)20(10-15(19)3)22-12-18(24)8-6-14(22)2/h5-12H,23-24H2,1-4H3. The molecule has 0 aliphatic rings. The van der Waals surface area contributed by atoms with Gasteiger partial charge in [-0.1, -0.05) is 24.3 Å². The van der Waals surface area contributed by atoms with E-state index in [0.717, 1.165) is 11.4 Å². The van der Waals surface area contributed by atoms with Crippen molar-refractivity contribution in [3.05, 3.63) is 70.8 Å². The smallest absolute Gasteiger partial charge is 0.0320 e. The topological polar surface area (TPSA) is 52.0 Å². The van der Waals surface area contributed by atoms with Gasteiger partial charge in [0.25, 0.3) is 0 Å². The van der Waals surface area contributed by atoms with Crippen molar-refractivity contribution in [2.24, 2.45) is 0 Å². The van der Waals surface area contributed by atoms with Crippen LogP contribution in [-0.2, 0) is 0 Å². The Labute approximate surface area is 144 Å². The molecule has 122 valence electrons. The summed E-state index contributed by atoms with van der Waals surface area (Å²) in [6.45, 7) is 8.56. The Bertz CT molecular complexity index is 846. The van der Waals surface area contributed by atoms with Crippen LogP contribution in [0.1, 0.15) is 22.3 Å². The van der Waals surface area contributed by atoms with Crippen LogP contribution in [0.5, 0.6) is 0 Å². The third-order valence-corrected chi connectivity index (χ3v) is 4.67. The lowest BCUT2D eigenvalue weighted by molar-refractivity contribution is 1.35. The Morgan fingerprint density at radius 3 is 1.17 bits per heavy atom. The van der Waals surface area contributed by atoms with Crippen molar-refractivity contribution in [3.63, 3.8) is 0 Å². The highest BCUT2D eigenvalue weighted by Gasteiger charge is 2.12. The second-order valence-electron chi connectivity index (χ2n) is 6.63. The van der Waals surface area contributed by atoms with Gasteiger partial charge in [-0.15, -0.1) is 0 Å². The molecule has 2 nitrogen and oxygen atoms in total. The van der Waals surface area contributed by atoms with E-state index in [0.29, 0.717) is 0 Å². The van der Waals surface area contributed by atoms with Crippen molar-refractivity contribution in [1.29, 1.82) is 0 Å². The van der Waals surface area contributed by atoms with Crippen molar-refractivity contribution >= 4 is 11.4 Å². The molecule has 24 heavy (non-hydrogen) atoms. The normalized spacial score (nSPS) is 10.8. The molecule has 0 heterocycles. The number of benzene rings is 3. The van der Waals surface area contributed by atoms with Gasteiger partial charge in [-0.05, 0) is 96.5 Å². The molecular weight excluding hydrogens is 292 g/mol. The predicted molar refractivity (Wildman–Crippen MR) is 105 cm³/mol. The van der Waals surface area contributed by atoms with Gasteiger partial charge >= 0.3 is 0 Å². The molecule has 0 aliphatic heterocycles. The highest BCUT2D eigenvalue weighted by molar-refractivity contribution is 5.81. The summed E-state index contributed by atoms with van der Waals surface area (Å²) < 4.78 is 0. The number of nitrogens with two attached hydrogens (primary N) is 2. The zero-order valence-electron chi connectivity index (χ0n) is 14.8. The molecule has 0 radical (unpaired) electrons. The van der Waals surface area contributed by atoms with Gasteiger partial charge in [0.15, 0.2) is 0 Å². The molecule has 0 aromatic heterocycles. The van der Waals surface area contributed by atoms with Crippen LogP contribution in [0.4, 0.5) is 11.4 Å². The first-order valence-electron chi connectivity index (χ1n) is 8.21. The zero-order chi connectivity index (χ0) is 17.4. The van der Waals surface area contributed by atoms with Crippen LogP contribution >= 0.6 is 0 Å². The van der Waals surface area contributed by atoms with E-state index >= 15 is 0 Å². The number of nitrogen functional groups attached to an aromatic ring is 2. The van der Waals surface area contributed by atoms with Gasteiger partial charge < -0.3 is 11.5 Å². The summed E-state index contributed by atoms with van der Waals surface area (Å²) in [4.78, 5) is 0. The molecule has 0 unspecified atom stereocenters. The van der Waals surface area contributed by atoms with E-state index < -0.39 is 0 Å². The van der Waals surface area contributed by atoms with Gasteiger partial charge in [-0.25, -0.2) is 0 Å². The largest absolute Gasteiger partial charge is 0.399 e.